The zero-order chi connectivity index (χ0) is 27.7. The SMILES string of the molecule is Cc1cccc(-c2nn(C3CCCCO3)cc2-c2ccnc(-c3nc4c(n3COCC[Si](C)(C)C)CNC4)c2)n1. The summed E-state index contributed by atoms with van der Waals surface area (Å²) in [6.45, 7) is 12.7. The Morgan fingerprint density at radius 3 is 2.80 bits per heavy atom. The van der Waals surface area contributed by atoms with Crippen molar-refractivity contribution in [2.24, 2.45) is 0 Å². The number of rotatable bonds is 9. The number of aryl methyl sites for hydroxylation is 1. The van der Waals surface area contributed by atoms with Crippen LogP contribution in [0.2, 0.25) is 25.7 Å². The van der Waals surface area contributed by atoms with Crippen LogP contribution in [0.15, 0.2) is 42.7 Å². The first-order chi connectivity index (χ1) is 19.4. The van der Waals surface area contributed by atoms with Crippen molar-refractivity contribution in [2.45, 2.75) is 77.9 Å². The second kappa shape index (κ2) is 11.4. The average molecular weight is 558 g/mol. The van der Waals surface area contributed by atoms with Crippen molar-refractivity contribution < 1.29 is 9.47 Å². The van der Waals surface area contributed by atoms with Gasteiger partial charge in [-0.3, -0.25) is 9.97 Å². The maximum atomic E-state index is 6.18. The van der Waals surface area contributed by atoms with Gasteiger partial charge in [-0.05, 0) is 62.1 Å². The first-order valence-corrected chi connectivity index (χ1v) is 18.0. The minimum atomic E-state index is -1.17. The van der Waals surface area contributed by atoms with E-state index in [0.717, 1.165) is 97.0 Å². The fourth-order valence-corrected chi connectivity index (χ4v) is 6.07. The van der Waals surface area contributed by atoms with E-state index in [1.54, 1.807) is 0 Å². The van der Waals surface area contributed by atoms with Gasteiger partial charge in [-0.25, -0.2) is 9.67 Å². The van der Waals surface area contributed by atoms with Crippen LogP contribution in [0, 0.1) is 6.92 Å². The third-order valence-corrected chi connectivity index (χ3v) is 9.27. The van der Waals surface area contributed by atoms with Crippen molar-refractivity contribution in [1.82, 2.24) is 34.6 Å². The molecule has 9 nitrogen and oxygen atoms in total. The maximum Gasteiger partial charge on any atom is 0.161 e. The molecule has 210 valence electrons. The van der Waals surface area contributed by atoms with Crippen molar-refractivity contribution in [3.63, 3.8) is 0 Å². The fraction of sp³-hybridized carbons (Fsp3) is 0.467. The second-order valence-electron chi connectivity index (χ2n) is 12.0. The van der Waals surface area contributed by atoms with E-state index >= 15 is 0 Å². The summed E-state index contributed by atoms with van der Waals surface area (Å²) in [6.07, 6.45) is 7.09. The number of hydrogen-bond acceptors (Lipinski definition) is 7. The summed E-state index contributed by atoms with van der Waals surface area (Å²) < 4.78 is 16.4. The molecule has 10 heteroatoms. The second-order valence-corrected chi connectivity index (χ2v) is 17.6. The van der Waals surface area contributed by atoms with E-state index in [2.05, 4.69) is 41.8 Å². The summed E-state index contributed by atoms with van der Waals surface area (Å²) in [7, 11) is -1.17. The lowest BCUT2D eigenvalue weighted by Crippen LogP contribution is -2.22. The number of hydrogen-bond donors (Lipinski definition) is 1. The van der Waals surface area contributed by atoms with E-state index in [0.29, 0.717) is 6.73 Å². The zero-order valence-corrected chi connectivity index (χ0v) is 25.0. The van der Waals surface area contributed by atoms with Crippen molar-refractivity contribution in [2.75, 3.05) is 13.2 Å². The minimum absolute atomic E-state index is 0.0601. The Bertz CT molecular complexity index is 1480. The van der Waals surface area contributed by atoms with E-state index in [9.17, 15) is 0 Å². The number of fused-ring (bicyclic) bond motifs is 1. The predicted molar refractivity (Wildman–Crippen MR) is 158 cm³/mol. The first-order valence-electron chi connectivity index (χ1n) is 14.3. The molecule has 2 aliphatic rings. The summed E-state index contributed by atoms with van der Waals surface area (Å²) in [6, 6.07) is 11.4. The lowest BCUT2D eigenvalue weighted by molar-refractivity contribution is -0.0393. The van der Waals surface area contributed by atoms with Gasteiger partial charge in [0.05, 0.1) is 17.1 Å². The number of nitrogens with zero attached hydrogens (tertiary/aromatic N) is 6. The van der Waals surface area contributed by atoms with E-state index in [1.807, 2.05) is 42.1 Å². The lowest BCUT2D eigenvalue weighted by Gasteiger charge is -2.22. The molecule has 0 aromatic carbocycles. The number of nitrogens with one attached hydrogen (secondary N) is 1. The van der Waals surface area contributed by atoms with Gasteiger partial charge in [-0.1, -0.05) is 25.7 Å². The normalized spacial score (nSPS) is 17.4. The van der Waals surface area contributed by atoms with Crippen molar-refractivity contribution in [1.29, 1.82) is 0 Å². The molecule has 0 amide bonds. The number of ether oxygens (including phenoxy) is 2. The molecule has 0 spiro atoms. The molecule has 1 atom stereocenters. The molecule has 6 rings (SSSR count). The zero-order valence-electron chi connectivity index (χ0n) is 24.0. The third kappa shape index (κ3) is 5.81. The monoisotopic (exact) mass is 557 g/mol. The first kappa shape index (κ1) is 27.0. The van der Waals surface area contributed by atoms with Crippen molar-refractivity contribution in [3.8, 4) is 34.0 Å². The molecular formula is C30H39N7O2Si. The van der Waals surface area contributed by atoms with E-state index < -0.39 is 8.07 Å². The van der Waals surface area contributed by atoms with Crippen LogP contribution in [0.3, 0.4) is 0 Å². The Kier molecular flexibility index (Phi) is 7.67. The van der Waals surface area contributed by atoms with Gasteiger partial charge in [0.2, 0.25) is 0 Å². The topological polar surface area (TPSA) is 91.9 Å². The maximum absolute atomic E-state index is 6.18. The van der Waals surface area contributed by atoms with Gasteiger partial charge in [-0.2, -0.15) is 5.10 Å². The van der Waals surface area contributed by atoms with Gasteiger partial charge < -0.3 is 19.4 Å². The highest BCUT2D eigenvalue weighted by atomic mass is 28.3. The summed E-state index contributed by atoms with van der Waals surface area (Å²) in [5.41, 5.74) is 7.77. The number of aromatic nitrogens is 6. The van der Waals surface area contributed by atoms with Crippen molar-refractivity contribution >= 4 is 8.07 Å². The molecule has 1 fully saturated rings. The molecule has 40 heavy (non-hydrogen) atoms. The Morgan fingerprint density at radius 1 is 1.10 bits per heavy atom. The summed E-state index contributed by atoms with van der Waals surface area (Å²) in [5, 5.41) is 8.44. The van der Waals surface area contributed by atoms with Crippen molar-refractivity contribution in [3.05, 3.63) is 59.8 Å². The molecule has 0 bridgehead atoms. The van der Waals surface area contributed by atoms with Gasteiger partial charge in [0, 0.05) is 58.0 Å². The molecule has 1 saturated heterocycles. The minimum Gasteiger partial charge on any atom is -0.361 e. The van der Waals surface area contributed by atoms with Gasteiger partial charge in [0.1, 0.15) is 24.3 Å². The molecule has 4 aromatic heterocycles. The molecule has 2 aliphatic heterocycles. The Hall–Kier alpha value is -3.18. The molecule has 6 heterocycles. The quantitative estimate of drug-likeness (QED) is 0.206. The van der Waals surface area contributed by atoms with E-state index in [-0.39, 0.29) is 6.23 Å². The molecule has 0 radical (unpaired) electrons. The van der Waals surface area contributed by atoms with Gasteiger partial charge >= 0.3 is 0 Å². The fourth-order valence-electron chi connectivity index (χ4n) is 5.31. The lowest BCUT2D eigenvalue weighted by atomic mass is 10.0. The Morgan fingerprint density at radius 2 is 2.00 bits per heavy atom. The van der Waals surface area contributed by atoms with Crippen LogP contribution in [0.4, 0.5) is 0 Å². The molecule has 0 saturated carbocycles. The molecule has 0 aliphatic carbocycles. The Labute approximate surface area is 237 Å². The summed E-state index contributed by atoms with van der Waals surface area (Å²) in [4.78, 5) is 14.6. The van der Waals surface area contributed by atoms with Crippen LogP contribution in [-0.4, -0.2) is 50.6 Å². The van der Waals surface area contributed by atoms with Crippen LogP contribution >= 0.6 is 0 Å². The smallest absolute Gasteiger partial charge is 0.161 e. The van der Waals surface area contributed by atoms with Gasteiger partial charge in [-0.15, -0.1) is 0 Å². The molecular weight excluding hydrogens is 518 g/mol. The van der Waals surface area contributed by atoms with Gasteiger partial charge in [0.15, 0.2) is 5.82 Å². The highest BCUT2D eigenvalue weighted by molar-refractivity contribution is 6.76. The average Bonchev–Trinajstić information content (AvgIpc) is 3.67. The molecule has 1 N–H and O–H groups in total. The predicted octanol–water partition coefficient (Wildman–Crippen LogP) is 5.79. The van der Waals surface area contributed by atoms with Crippen LogP contribution in [0.1, 0.15) is 42.6 Å². The highest BCUT2D eigenvalue weighted by Gasteiger charge is 2.25. The van der Waals surface area contributed by atoms with E-state index in [4.69, 9.17) is 29.5 Å². The standard InChI is InChI=1S/C30H39N7O2Si/c1-21-8-7-9-24(33-21)29-23(19-37(35-29)28-10-5-6-13-39-28)22-11-12-32-25(16-22)30-34-26-17-31-18-27(26)36(30)20-38-14-15-40(2,3)4/h7-9,11-12,16,19,28,31H,5-6,10,13-15,17-18,20H2,1-4H3. The van der Waals surface area contributed by atoms with Crippen LogP contribution in [0.25, 0.3) is 34.0 Å². The molecule has 1 unspecified atom stereocenters. The van der Waals surface area contributed by atoms with Crippen LogP contribution in [0.5, 0.6) is 0 Å². The van der Waals surface area contributed by atoms with Crippen LogP contribution < -0.4 is 5.32 Å². The van der Waals surface area contributed by atoms with Crippen LogP contribution in [-0.2, 0) is 29.3 Å². The van der Waals surface area contributed by atoms with E-state index in [1.165, 1.54) is 5.69 Å². The number of imidazole rings is 1. The number of pyridine rings is 2. The largest absolute Gasteiger partial charge is 0.361 e. The summed E-state index contributed by atoms with van der Waals surface area (Å²) in [5.74, 6) is 0.847. The van der Waals surface area contributed by atoms with Gasteiger partial charge in [0.25, 0.3) is 0 Å². The molecule has 4 aromatic rings. The highest BCUT2D eigenvalue weighted by Crippen LogP contribution is 2.35. The Balaban J connectivity index is 1.37. The summed E-state index contributed by atoms with van der Waals surface area (Å²) >= 11 is 0. The third-order valence-electron chi connectivity index (χ3n) is 7.57.